The molecule has 0 spiro atoms. The summed E-state index contributed by atoms with van der Waals surface area (Å²) in [5.74, 6) is 0.730. The van der Waals surface area contributed by atoms with Crippen molar-refractivity contribution in [3.8, 4) is 5.75 Å². The highest BCUT2D eigenvalue weighted by Crippen LogP contribution is 2.13. The Hall–Kier alpha value is -2.48. The minimum Gasteiger partial charge on any atom is -0.487 e. The molecule has 2 rings (SSSR count). The topological polar surface area (TPSA) is 84.6 Å². The van der Waals surface area contributed by atoms with E-state index in [1.165, 1.54) is 0 Å². The number of thiocarbonyl (C=S) groups is 1. The zero-order valence-corrected chi connectivity index (χ0v) is 12.5. The molecule has 0 saturated heterocycles. The number of nitrogens with zero attached hydrogens (tertiary/aromatic N) is 3. The summed E-state index contributed by atoms with van der Waals surface area (Å²) in [6.07, 6.45) is 1.67. The molecule has 110 valence electrons. The molecule has 7 nitrogen and oxygen atoms in total. The second-order valence-corrected chi connectivity index (χ2v) is 4.51. The number of rotatable bonds is 5. The molecule has 0 aliphatic carbocycles. The van der Waals surface area contributed by atoms with Gasteiger partial charge in [-0.15, -0.1) is 0 Å². The molecule has 0 amide bonds. The fourth-order valence-corrected chi connectivity index (χ4v) is 1.46. The van der Waals surface area contributed by atoms with E-state index in [-0.39, 0.29) is 0 Å². The van der Waals surface area contributed by atoms with Crippen LogP contribution in [-0.2, 0) is 6.61 Å². The largest absolute Gasteiger partial charge is 0.487 e. The molecule has 0 bridgehead atoms. The maximum atomic E-state index is 5.59. The van der Waals surface area contributed by atoms with Crippen molar-refractivity contribution in [3.05, 3.63) is 41.2 Å². The van der Waals surface area contributed by atoms with Gasteiger partial charge >= 0.3 is 0 Å². The van der Waals surface area contributed by atoms with Crippen molar-refractivity contribution in [2.45, 2.75) is 13.5 Å². The lowest BCUT2D eigenvalue weighted by molar-refractivity contribution is 0.270. The van der Waals surface area contributed by atoms with Crippen LogP contribution in [0.3, 0.4) is 0 Å². The Morgan fingerprint density at radius 3 is 2.76 bits per heavy atom. The van der Waals surface area contributed by atoms with E-state index in [1.54, 1.807) is 13.3 Å². The molecule has 0 aliphatic heterocycles. The van der Waals surface area contributed by atoms with Gasteiger partial charge in [0.05, 0.1) is 6.21 Å². The maximum absolute atomic E-state index is 5.59. The quantitative estimate of drug-likeness (QED) is 0.490. The highest BCUT2D eigenvalue weighted by atomic mass is 32.1. The van der Waals surface area contributed by atoms with Crippen molar-refractivity contribution >= 4 is 23.5 Å². The van der Waals surface area contributed by atoms with E-state index in [0.717, 1.165) is 17.0 Å². The fraction of sp³-hybridized carbons (Fsp3) is 0.231. The highest BCUT2D eigenvalue weighted by molar-refractivity contribution is 7.80. The summed E-state index contributed by atoms with van der Waals surface area (Å²) in [7, 11) is 1.73. The molecule has 0 saturated carbocycles. The summed E-state index contributed by atoms with van der Waals surface area (Å²) in [4.78, 5) is 0. The predicted molar refractivity (Wildman–Crippen MR) is 82.2 cm³/mol. The first-order chi connectivity index (χ1) is 10.2. The minimum absolute atomic E-state index is 0.320. The van der Waals surface area contributed by atoms with Crippen molar-refractivity contribution in [2.24, 2.45) is 5.10 Å². The van der Waals surface area contributed by atoms with Gasteiger partial charge in [0.2, 0.25) is 0 Å². The van der Waals surface area contributed by atoms with Crippen LogP contribution in [0.25, 0.3) is 0 Å². The van der Waals surface area contributed by atoms with Crippen LogP contribution in [0.4, 0.5) is 0 Å². The molecular weight excluding hydrogens is 290 g/mol. The normalized spacial score (nSPS) is 10.6. The van der Waals surface area contributed by atoms with Crippen LogP contribution in [0.1, 0.15) is 17.0 Å². The lowest BCUT2D eigenvalue weighted by atomic mass is 10.2. The lowest BCUT2D eigenvalue weighted by Gasteiger charge is -2.04. The van der Waals surface area contributed by atoms with Gasteiger partial charge < -0.3 is 10.1 Å². The first-order valence-corrected chi connectivity index (χ1v) is 6.61. The predicted octanol–water partition coefficient (Wildman–Crippen LogP) is 1.38. The van der Waals surface area contributed by atoms with Crippen molar-refractivity contribution < 1.29 is 9.37 Å². The van der Waals surface area contributed by atoms with Gasteiger partial charge in [0.15, 0.2) is 5.11 Å². The SMILES string of the molecule is CNC(=S)N/N=C/c1ccc(OCc2nonc2C)cc1. The molecule has 1 aromatic heterocycles. The molecular formula is C13H15N5O2S. The summed E-state index contributed by atoms with van der Waals surface area (Å²) >= 11 is 4.90. The van der Waals surface area contributed by atoms with Gasteiger partial charge in [0, 0.05) is 7.05 Å². The number of benzene rings is 1. The molecule has 1 aromatic carbocycles. The Bertz CT molecular complexity index is 624. The van der Waals surface area contributed by atoms with Crippen LogP contribution in [0.15, 0.2) is 34.0 Å². The monoisotopic (exact) mass is 305 g/mol. The Balaban J connectivity index is 1.87. The molecule has 2 N–H and O–H groups in total. The molecule has 21 heavy (non-hydrogen) atoms. The molecule has 8 heteroatoms. The zero-order valence-electron chi connectivity index (χ0n) is 11.7. The average Bonchev–Trinajstić information content (AvgIpc) is 2.91. The Kier molecular flexibility index (Phi) is 5.22. The summed E-state index contributed by atoms with van der Waals surface area (Å²) in [5, 5.41) is 14.7. The Morgan fingerprint density at radius 2 is 2.14 bits per heavy atom. The van der Waals surface area contributed by atoms with Gasteiger partial charge in [-0.3, -0.25) is 5.43 Å². The molecule has 0 atom stereocenters. The second kappa shape index (κ2) is 7.34. The first kappa shape index (κ1) is 14.9. The number of aryl methyl sites for hydroxylation is 1. The van der Waals surface area contributed by atoms with E-state index in [4.69, 9.17) is 17.0 Å². The Morgan fingerprint density at radius 1 is 1.38 bits per heavy atom. The van der Waals surface area contributed by atoms with Gasteiger partial charge in [-0.2, -0.15) is 5.10 Å². The molecule has 0 aliphatic rings. The second-order valence-electron chi connectivity index (χ2n) is 4.10. The van der Waals surface area contributed by atoms with Crippen LogP contribution >= 0.6 is 12.2 Å². The van der Waals surface area contributed by atoms with E-state index in [1.807, 2.05) is 31.2 Å². The number of hydrazone groups is 1. The van der Waals surface area contributed by atoms with E-state index >= 15 is 0 Å². The van der Waals surface area contributed by atoms with Crippen LogP contribution in [0, 0.1) is 6.92 Å². The minimum atomic E-state index is 0.320. The van der Waals surface area contributed by atoms with Crippen molar-refractivity contribution in [3.63, 3.8) is 0 Å². The lowest BCUT2D eigenvalue weighted by Crippen LogP contribution is -2.28. The summed E-state index contributed by atoms with van der Waals surface area (Å²) in [5.41, 5.74) is 5.02. The van der Waals surface area contributed by atoms with E-state index in [0.29, 0.717) is 17.4 Å². The van der Waals surface area contributed by atoms with Crippen molar-refractivity contribution in [1.82, 2.24) is 21.1 Å². The van der Waals surface area contributed by atoms with Gasteiger partial charge in [0.1, 0.15) is 23.7 Å². The fourth-order valence-electron chi connectivity index (χ4n) is 1.40. The molecule has 1 heterocycles. The van der Waals surface area contributed by atoms with Gasteiger partial charge in [-0.25, -0.2) is 4.63 Å². The highest BCUT2D eigenvalue weighted by Gasteiger charge is 2.05. The summed E-state index contributed by atoms with van der Waals surface area (Å²) < 4.78 is 10.2. The smallest absolute Gasteiger partial charge is 0.186 e. The number of hydrogen-bond donors (Lipinski definition) is 2. The molecule has 0 radical (unpaired) electrons. The number of hydrogen-bond acceptors (Lipinski definition) is 6. The van der Waals surface area contributed by atoms with E-state index in [2.05, 4.69) is 30.8 Å². The summed E-state index contributed by atoms with van der Waals surface area (Å²) in [6, 6.07) is 7.47. The van der Waals surface area contributed by atoms with Crippen LogP contribution < -0.4 is 15.5 Å². The van der Waals surface area contributed by atoms with Crippen LogP contribution in [0.5, 0.6) is 5.75 Å². The van der Waals surface area contributed by atoms with Gasteiger partial charge in [-0.05, 0) is 49.0 Å². The third-order valence-corrected chi connectivity index (χ3v) is 2.90. The molecule has 0 fully saturated rings. The van der Waals surface area contributed by atoms with Crippen LogP contribution in [-0.4, -0.2) is 28.7 Å². The molecule has 0 unspecified atom stereocenters. The van der Waals surface area contributed by atoms with Gasteiger partial charge in [0.25, 0.3) is 0 Å². The number of nitrogens with one attached hydrogen (secondary N) is 2. The van der Waals surface area contributed by atoms with Crippen molar-refractivity contribution in [2.75, 3.05) is 7.05 Å². The average molecular weight is 305 g/mol. The van der Waals surface area contributed by atoms with Crippen LogP contribution in [0.2, 0.25) is 0 Å². The van der Waals surface area contributed by atoms with Crippen molar-refractivity contribution in [1.29, 1.82) is 0 Å². The summed E-state index contributed by atoms with van der Waals surface area (Å²) in [6.45, 7) is 2.14. The Labute approximate surface area is 127 Å². The third-order valence-electron chi connectivity index (χ3n) is 2.61. The third kappa shape index (κ3) is 4.53. The van der Waals surface area contributed by atoms with Gasteiger partial charge in [-0.1, -0.05) is 10.3 Å². The van der Waals surface area contributed by atoms with E-state index in [9.17, 15) is 0 Å². The number of aromatic nitrogens is 2. The van der Waals surface area contributed by atoms with E-state index < -0.39 is 0 Å². The number of ether oxygens (including phenoxy) is 1. The standard InChI is InChI=1S/C13H15N5O2S/c1-9-12(18-20-17-9)8-19-11-5-3-10(4-6-11)7-15-16-13(21)14-2/h3-7H,8H2,1-2H3,(H2,14,16,21)/b15-7+. The zero-order chi connectivity index (χ0) is 15.1. The molecule has 2 aromatic rings. The maximum Gasteiger partial charge on any atom is 0.186 e. The first-order valence-electron chi connectivity index (χ1n) is 6.20.